The monoisotopic (exact) mass is 242 g/mol. The summed E-state index contributed by atoms with van der Waals surface area (Å²) in [7, 11) is 0. The van der Waals surface area contributed by atoms with Gasteiger partial charge in [0.1, 0.15) is 12.2 Å². The third-order valence-corrected chi connectivity index (χ3v) is 3.08. The Kier molecular flexibility index (Phi) is 3.77. The smallest absolute Gasteiger partial charge is 0.224 e. The van der Waals surface area contributed by atoms with Crippen molar-refractivity contribution in [1.29, 1.82) is 0 Å². The molecule has 1 aromatic heterocycles. The Morgan fingerprint density at radius 3 is 2.88 bits per heavy atom. The molecule has 1 aliphatic rings. The van der Waals surface area contributed by atoms with E-state index in [1.165, 1.54) is 0 Å². The molecule has 88 valence electrons. The van der Waals surface area contributed by atoms with E-state index in [2.05, 4.69) is 10.2 Å². The average molecular weight is 243 g/mol. The van der Waals surface area contributed by atoms with Crippen LogP contribution < -0.4 is 0 Å². The number of halogens is 1. The first-order valence-electron chi connectivity index (χ1n) is 5.51. The topological polar surface area (TPSA) is 51.0 Å². The zero-order valence-corrected chi connectivity index (χ0v) is 9.86. The normalized spacial score (nSPS) is 15.7. The first-order chi connectivity index (χ1) is 7.81. The van der Waals surface area contributed by atoms with Gasteiger partial charge in [0.15, 0.2) is 0 Å². The molecular formula is C10H15ClN4O. The lowest BCUT2D eigenvalue weighted by Gasteiger charge is -2.15. The Morgan fingerprint density at radius 1 is 1.44 bits per heavy atom. The van der Waals surface area contributed by atoms with Gasteiger partial charge in [-0.1, -0.05) is 0 Å². The minimum atomic E-state index is 0.215. The second kappa shape index (κ2) is 5.30. The fourth-order valence-corrected chi connectivity index (χ4v) is 2.12. The highest BCUT2D eigenvalue weighted by Crippen LogP contribution is 2.10. The van der Waals surface area contributed by atoms with Gasteiger partial charge >= 0.3 is 0 Å². The van der Waals surface area contributed by atoms with Crippen LogP contribution in [0.1, 0.15) is 25.1 Å². The van der Waals surface area contributed by atoms with Gasteiger partial charge in [-0.2, -0.15) is 0 Å². The molecule has 2 rings (SSSR count). The third kappa shape index (κ3) is 2.52. The zero-order chi connectivity index (χ0) is 11.4. The lowest BCUT2D eigenvalue weighted by molar-refractivity contribution is -0.130. The van der Waals surface area contributed by atoms with Crippen molar-refractivity contribution in [3.63, 3.8) is 0 Å². The average Bonchev–Trinajstić information content (AvgIpc) is 2.96. The van der Waals surface area contributed by atoms with Crippen LogP contribution in [-0.4, -0.2) is 38.7 Å². The highest BCUT2D eigenvalue weighted by molar-refractivity contribution is 6.16. The van der Waals surface area contributed by atoms with E-state index >= 15 is 0 Å². The highest BCUT2D eigenvalue weighted by Gasteiger charge is 2.17. The minimum absolute atomic E-state index is 0.215. The summed E-state index contributed by atoms with van der Waals surface area (Å²) in [5.41, 5.74) is 0. The number of amides is 1. The fourth-order valence-electron chi connectivity index (χ4n) is 1.91. The molecule has 1 aliphatic heterocycles. The molecule has 16 heavy (non-hydrogen) atoms. The molecule has 1 aromatic rings. The summed E-state index contributed by atoms with van der Waals surface area (Å²) in [6.45, 7) is 2.43. The maximum absolute atomic E-state index is 11.8. The van der Waals surface area contributed by atoms with Crippen molar-refractivity contribution >= 4 is 17.5 Å². The number of hydrogen-bond acceptors (Lipinski definition) is 3. The number of nitrogens with zero attached hydrogens (tertiary/aromatic N) is 4. The Labute approximate surface area is 99.4 Å². The van der Waals surface area contributed by atoms with Crippen molar-refractivity contribution < 1.29 is 4.79 Å². The van der Waals surface area contributed by atoms with E-state index < -0.39 is 0 Å². The SMILES string of the molecule is O=C(CCn1cnnc1CCl)N1CCCC1. The van der Waals surface area contributed by atoms with Gasteiger partial charge in [0.2, 0.25) is 5.91 Å². The second-order valence-corrected chi connectivity index (χ2v) is 4.18. The van der Waals surface area contributed by atoms with Gasteiger partial charge in [0.05, 0.1) is 5.88 Å². The summed E-state index contributed by atoms with van der Waals surface area (Å²) in [5.74, 6) is 1.26. The van der Waals surface area contributed by atoms with Crippen LogP contribution in [0.4, 0.5) is 0 Å². The Hall–Kier alpha value is -1.10. The molecule has 2 heterocycles. The summed E-state index contributed by atoms with van der Waals surface area (Å²) in [6, 6.07) is 0. The van der Waals surface area contributed by atoms with Crippen LogP contribution in [-0.2, 0) is 17.2 Å². The molecule has 0 saturated carbocycles. The molecule has 0 aliphatic carbocycles. The number of carbonyl (C=O) groups is 1. The summed E-state index contributed by atoms with van der Waals surface area (Å²) < 4.78 is 1.83. The maximum Gasteiger partial charge on any atom is 0.224 e. The first-order valence-corrected chi connectivity index (χ1v) is 6.05. The number of alkyl halides is 1. The summed E-state index contributed by atoms with van der Waals surface area (Å²) in [4.78, 5) is 13.7. The highest BCUT2D eigenvalue weighted by atomic mass is 35.5. The van der Waals surface area contributed by atoms with E-state index in [0.717, 1.165) is 31.8 Å². The molecule has 0 atom stereocenters. The van der Waals surface area contributed by atoms with Gasteiger partial charge in [-0.05, 0) is 12.8 Å². The minimum Gasteiger partial charge on any atom is -0.343 e. The van der Waals surface area contributed by atoms with Gasteiger partial charge in [-0.25, -0.2) is 0 Å². The Bertz CT molecular complexity index is 359. The summed E-state index contributed by atoms with van der Waals surface area (Å²) in [6.07, 6.45) is 4.38. The lowest BCUT2D eigenvalue weighted by atomic mass is 10.3. The van der Waals surface area contributed by atoms with E-state index in [0.29, 0.717) is 18.8 Å². The van der Waals surface area contributed by atoms with Crippen molar-refractivity contribution in [3.8, 4) is 0 Å². The van der Waals surface area contributed by atoms with Crippen molar-refractivity contribution in [3.05, 3.63) is 12.2 Å². The van der Waals surface area contributed by atoms with Gasteiger partial charge in [0.25, 0.3) is 0 Å². The Balaban J connectivity index is 1.84. The standard InChI is InChI=1S/C10H15ClN4O/c11-7-9-13-12-8-15(9)6-3-10(16)14-4-1-2-5-14/h8H,1-7H2. The number of aromatic nitrogens is 3. The molecule has 1 fully saturated rings. The van der Waals surface area contributed by atoms with Crippen molar-refractivity contribution in [2.45, 2.75) is 31.7 Å². The lowest BCUT2D eigenvalue weighted by Crippen LogP contribution is -2.28. The van der Waals surface area contributed by atoms with Gasteiger partial charge in [-0.15, -0.1) is 21.8 Å². The number of hydrogen-bond donors (Lipinski definition) is 0. The molecule has 6 heteroatoms. The predicted octanol–water partition coefficient (Wildman–Crippen LogP) is 1.03. The molecular weight excluding hydrogens is 228 g/mol. The van der Waals surface area contributed by atoms with E-state index in [-0.39, 0.29) is 5.91 Å². The van der Waals surface area contributed by atoms with Crippen LogP contribution in [0.5, 0.6) is 0 Å². The van der Waals surface area contributed by atoms with Crippen LogP contribution in [0, 0.1) is 0 Å². The van der Waals surface area contributed by atoms with Crippen molar-refractivity contribution in [2.24, 2.45) is 0 Å². The van der Waals surface area contributed by atoms with E-state index in [4.69, 9.17) is 11.6 Å². The van der Waals surface area contributed by atoms with Gasteiger partial charge in [-0.3, -0.25) is 4.79 Å². The molecule has 0 radical (unpaired) electrons. The van der Waals surface area contributed by atoms with Gasteiger partial charge < -0.3 is 9.47 Å². The largest absolute Gasteiger partial charge is 0.343 e. The summed E-state index contributed by atoms with van der Waals surface area (Å²) >= 11 is 5.70. The van der Waals surface area contributed by atoms with Gasteiger partial charge in [0, 0.05) is 26.1 Å². The molecule has 5 nitrogen and oxygen atoms in total. The van der Waals surface area contributed by atoms with E-state index in [1.807, 2.05) is 9.47 Å². The van der Waals surface area contributed by atoms with Crippen LogP contribution in [0.25, 0.3) is 0 Å². The quantitative estimate of drug-likeness (QED) is 0.741. The van der Waals surface area contributed by atoms with Crippen LogP contribution in [0.2, 0.25) is 0 Å². The molecule has 0 aromatic carbocycles. The van der Waals surface area contributed by atoms with Crippen LogP contribution >= 0.6 is 11.6 Å². The van der Waals surface area contributed by atoms with Crippen molar-refractivity contribution in [2.75, 3.05) is 13.1 Å². The summed E-state index contributed by atoms with van der Waals surface area (Å²) in [5, 5.41) is 7.64. The van der Waals surface area contributed by atoms with Crippen LogP contribution in [0.3, 0.4) is 0 Å². The number of carbonyl (C=O) groups excluding carboxylic acids is 1. The molecule has 0 N–H and O–H groups in total. The molecule has 1 saturated heterocycles. The number of rotatable bonds is 4. The zero-order valence-electron chi connectivity index (χ0n) is 9.10. The first kappa shape index (κ1) is 11.4. The number of aryl methyl sites for hydroxylation is 1. The molecule has 0 bridgehead atoms. The second-order valence-electron chi connectivity index (χ2n) is 3.91. The van der Waals surface area contributed by atoms with Crippen LogP contribution in [0.15, 0.2) is 6.33 Å². The maximum atomic E-state index is 11.8. The number of likely N-dealkylation sites (tertiary alicyclic amines) is 1. The van der Waals surface area contributed by atoms with E-state index in [1.54, 1.807) is 6.33 Å². The third-order valence-electron chi connectivity index (χ3n) is 2.84. The molecule has 0 unspecified atom stereocenters. The fraction of sp³-hybridized carbons (Fsp3) is 0.700. The van der Waals surface area contributed by atoms with Crippen molar-refractivity contribution in [1.82, 2.24) is 19.7 Å². The molecule has 0 spiro atoms. The predicted molar refractivity (Wildman–Crippen MR) is 60.0 cm³/mol. The Morgan fingerprint density at radius 2 is 2.19 bits per heavy atom. The van der Waals surface area contributed by atoms with E-state index in [9.17, 15) is 4.79 Å². The molecule has 1 amide bonds.